The molecule has 4 heteroatoms. The summed E-state index contributed by atoms with van der Waals surface area (Å²) in [6.45, 7) is 3.99. The van der Waals surface area contributed by atoms with Gasteiger partial charge in [-0.25, -0.2) is 8.42 Å². The second-order valence-corrected chi connectivity index (χ2v) is 7.73. The maximum Gasteiger partial charge on any atom is 0.153 e. The predicted molar refractivity (Wildman–Crippen MR) is 66.2 cm³/mol. The molecule has 0 atom stereocenters. The molecule has 0 unspecified atom stereocenters. The van der Waals surface area contributed by atoms with Gasteiger partial charge in [-0.15, -0.1) is 0 Å². The summed E-state index contributed by atoms with van der Waals surface area (Å²) in [5.74, 6) is 1.58. The van der Waals surface area contributed by atoms with Gasteiger partial charge in [0.25, 0.3) is 0 Å². The number of sulfone groups is 1. The summed E-state index contributed by atoms with van der Waals surface area (Å²) in [5, 5.41) is 3.11. The van der Waals surface area contributed by atoms with Crippen molar-refractivity contribution in [3.05, 3.63) is 0 Å². The predicted octanol–water partition coefficient (Wildman–Crippen LogP) is 1.59. The molecule has 1 aliphatic heterocycles. The molecule has 2 aliphatic rings. The lowest BCUT2D eigenvalue weighted by atomic mass is 9.87. The normalized spacial score (nSPS) is 32.3. The summed E-state index contributed by atoms with van der Waals surface area (Å²) in [7, 11) is -2.82. The number of rotatable bonds is 4. The van der Waals surface area contributed by atoms with Crippen LogP contribution < -0.4 is 5.32 Å². The van der Waals surface area contributed by atoms with Crippen molar-refractivity contribution in [1.82, 2.24) is 5.32 Å². The summed E-state index contributed by atoms with van der Waals surface area (Å²) in [6.07, 6.45) is 5.24. The number of nitrogens with one attached hydrogen (secondary N) is 1. The van der Waals surface area contributed by atoms with Crippen LogP contribution in [0.1, 0.15) is 39.0 Å². The van der Waals surface area contributed by atoms with Gasteiger partial charge in [-0.2, -0.15) is 0 Å². The molecule has 0 spiro atoms. The van der Waals surface area contributed by atoms with Crippen LogP contribution in [0.4, 0.5) is 0 Å². The van der Waals surface area contributed by atoms with Gasteiger partial charge in [0.15, 0.2) is 9.84 Å². The van der Waals surface area contributed by atoms with E-state index in [0.717, 1.165) is 44.7 Å². The van der Waals surface area contributed by atoms with Gasteiger partial charge in [-0.1, -0.05) is 13.3 Å². The van der Waals surface area contributed by atoms with Crippen LogP contribution >= 0.6 is 0 Å². The van der Waals surface area contributed by atoms with E-state index in [2.05, 4.69) is 12.2 Å². The zero-order valence-electron chi connectivity index (χ0n) is 10.1. The Bertz CT molecular complexity index is 314. The van der Waals surface area contributed by atoms with Crippen LogP contribution in [0.25, 0.3) is 0 Å². The molecule has 0 bridgehead atoms. The van der Waals surface area contributed by atoms with Crippen molar-refractivity contribution in [1.29, 1.82) is 0 Å². The van der Waals surface area contributed by atoms with Crippen LogP contribution in [-0.2, 0) is 9.84 Å². The lowest BCUT2D eigenvalue weighted by molar-refractivity contribution is 0.342. The fraction of sp³-hybridized carbons (Fsp3) is 1.00. The van der Waals surface area contributed by atoms with Crippen molar-refractivity contribution in [2.45, 2.75) is 44.3 Å². The SMILES string of the molecule is CCC1CCC(S(=O)(=O)CC2CNC2)CC1. The Labute approximate surface area is 98.9 Å². The molecule has 2 rings (SSSR count). The highest BCUT2D eigenvalue weighted by Gasteiger charge is 2.33. The van der Waals surface area contributed by atoms with E-state index in [4.69, 9.17) is 0 Å². The molecular weight excluding hydrogens is 222 g/mol. The molecule has 2 fully saturated rings. The van der Waals surface area contributed by atoms with E-state index < -0.39 is 9.84 Å². The molecule has 3 nitrogen and oxygen atoms in total. The summed E-state index contributed by atoms with van der Waals surface area (Å²) in [6, 6.07) is 0. The first-order valence-electron chi connectivity index (χ1n) is 6.54. The zero-order valence-corrected chi connectivity index (χ0v) is 10.9. The van der Waals surface area contributed by atoms with Gasteiger partial charge in [0.05, 0.1) is 11.0 Å². The van der Waals surface area contributed by atoms with E-state index in [0.29, 0.717) is 11.7 Å². The topological polar surface area (TPSA) is 46.2 Å². The fourth-order valence-electron chi connectivity index (χ4n) is 2.83. The average molecular weight is 245 g/mol. The molecule has 0 aromatic rings. The Kier molecular flexibility index (Phi) is 3.90. The van der Waals surface area contributed by atoms with Gasteiger partial charge in [-0.3, -0.25) is 0 Å². The highest BCUT2D eigenvalue weighted by Crippen LogP contribution is 2.31. The molecule has 16 heavy (non-hydrogen) atoms. The van der Waals surface area contributed by atoms with Gasteiger partial charge in [0, 0.05) is 13.1 Å². The van der Waals surface area contributed by atoms with Crippen LogP contribution in [-0.4, -0.2) is 32.5 Å². The van der Waals surface area contributed by atoms with Crippen molar-refractivity contribution < 1.29 is 8.42 Å². The van der Waals surface area contributed by atoms with Crippen molar-refractivity contribution in [3.63, 3.8) is 0 Å². The van der Waals surface area contributed by atoms with Crippen LogP contribution in [0.5, 0.6) is 0 Å². The van der Waals surface area contributed by atoms with E-state index >= 15 is 0 Å². The smallest absolute Gasteiger partial charge is 0.153 e. The monoisotopic (exact) mass is 245 g/mol. The summed E-state index contributed by atoms with van der Waals surface area (Å²) >= 11 is 0. The van der Waals surface area contributed by atoms with E-state index in [9.17, 15) is 8.42 Å². The Morgan fingerprint density at radius 3 is 2.12 bits per heavy atom. The maximum absolute atomic E-state index is 12.2. The number of hydrogen-bond donors (Lipinski definition) is 1. The third-order valence-corrected chi connectivity index (χ3v) is 6.64. The first kappa shape index (κ1) is 12.4. The summed E-state index contributed by atoms with van der Waals surface area (Å²) in [5.41, 5.74) is 0. The molecule has 1 N–H and O–H groups in total. The third kappa shape index (κ3) is 2.77. The molecule has 1 saturated heterocycles. The molecule has 0 amide bonds. The standard InChI is InChI=1S/C12H23NO2S/c1-2-10-3-5-12(6-4-10)16(14,15)9-11-7-13-8-11/h10-13H,2-9H2,1H3. The molecule has 0 aromatic heterocycles. The Morgan fingerprint density at radius 1 is 1.06 bits per heavy atom. The molecule has 1 aliphatic carbocycles. The first-order chi connectivity index (χ1) is 7.62. The molecule has 1 heterocycles. The van der Waals surface area contributed by atoms with Gasteiger partial charge in [0.2, 0.25) is 0 Å². The Morgan fingerprint density at radius 2 is 1.69 bits per heavy atom. The van der Waals surface area contributed by atoms with Crippen molar-refractivity contribution in [2.75, 3.05) is 18.8 Å². The summed E-state index contributed by atoms with van der Waals surface area (Å²) in [4.78, 5) is 0. The fourth-order valence-corrected chi connectivity index (χ4v) is 4.99. The lowest BCUT2D eigenvalue weighted by Gasteiger charge is -2.31. The Hall–Kier alpha value is -0.0900. The summed E-state index contributed by atoms with van der Waals surface area (Å²) < 4.78 is 24.3. The van der Waals surface area contributed by atoms with Gasteiger partial charge >= 0.3 is 0 Å². The minimum atomic E-state index is -2.82. The van der Waals surface area contributed by atoms with Crippen molar-refractivity contribution in [2.24, 2.45) is 11.8 Å². The van der Waals surface area contributed by atoms with E-state index in [1.165, 1.54) is 6.42 Å². The van der Waals surface area contributed by atoms with Crippen LogP contribution in [0, 0.1) is 11.8 Å². The molecular formula is C12H23NO2S. The van der Waals surface area contributed by atoms with Crippen molar-refractivity contribution in [3.8, 4) is 0 Å². The van der Waals surface area contributed by atoms with Crippen LogP contribution in [0.15, 0.2) is 0 Å². The van der Waals surface area contributed by atoms with Crippen LogP contribution in [0.2, 0.25) is 0 Å². The first-order valence-corrected chi connectivity index (χ1v) is 8.25. The molecule has 1 saturated carbocycles. The second-order valence-electron chi connectivity index (χ2n) is 5.40. The Balaban J connectivity index is 1.86. The largest absolute Gasteiger partial charge is 0.316 e. The average Bonchev–Trinajstić information content (AvgIpc) is 2.24. The van der Waals surface area contributed by atoms with Crippen molar-refractivity contribution >= 4 is 9.84 Å². The minimum Gasteiger partial charge on any atom is -0.316 e. The molecule has 0 aromatic carbocycles. The minimum absolute atomic E-state index is 0.0316. The maximum atomic E-state index is 12.2. The second kappa shape index (κ2) is 5.05. The highest BCUT2D eigenvalue weighted by atomic mass is 32.2. The van der Waals surface area contributed by atoms with Gasteiger partial charge in [-0.05, 0) is 37.5 Å². The number of hydrogen-bond acceptors (Lipinski definition) is 3. The van der Waals surface area contributed by atoms with E-state index in [-0.39, 0.29) is 5.25 Å². The third-order valence-electron chi connectivity index (χ3n) is 4.21. The highest BCUT2D eigenvalue weighted by molar-refractivity contribution is 7.92. The molecule has 0 radical (unpaired) electrons. The lowest BCUT2D eigenvalue weighted by Crippen LogP contribution is -2.47. The molecule has 94 valence electrons. The van der Waals surface area contributed by atoms with Gasteiger partial charge < -0.3 is 5.32 Å². The van der Waals surface area contributed by atoms with E-state index in [1.54, 1.807) is 0 Å². The van der Waals surface area contributed by atoms with Gasteiger partial charge in [0.1, 0.15) is 0 Å². The van der Waals surface area contributed by atoms with Crippen LogP contribution in [0.3, 0.4) is 0 Å². The quantitative estimate of drug-likeness (QED) is 0.818. The zero-order chi connectivity index (χ0) is 11.6. The van der Waals surface area contributed by atoms with E-state index in [1.807, 2.05) is 0 Å².